The molecule has 1 aromatic carbocycles. The number of carbonyl (C=O) groups excluding carboxylic acids is 1. The van der Waals surface area contributed by atoms with E-state index in [-0.39, 0.29) is 11.5 Å². The number of ether oxygens (including phenoxy) is 1. The highest BCUT2D eigenvalue weighted by molar-refractivity contribution is 8.01. The maximum Gasteiger partial charge on any atom is 0.206 e. The summed E-state index contributed by atoms with van der Waals surface area (Å²) >= 11 is 3.98. The first-order valence-electron chi connectivity index (χ1n) is 8.33. The van der Waals surface area contributed by atoms with E-state index in [1.54, 1.807) is 7.11 Å². The Labute approximate surface area is 174 Å². The average molecular weight is 432 g/mol. The Morgan fingerprint density at radius 3 is 2.93 bits per heavy atom. The fraction of sp³-hybridized carbons (Fsp3) is 0.278. The predicted octanol–water partition coefficient (Wildman–Crippen LogP) is 3.69. The molecule has 0 bridgehead atoms. The van der Waals surface area contributed by atoms with Crippen LogP contribution in [0, 0.1) is 11.3 Å². The second kappa shape index (κ2) is 10.3. The van der Waals surface area contributed by atoms with Crippen LogP contribution in [0.15, 0.2) is 40.1 Å². The first-order valence-corrected chi connectivity index (χ1v) is 11.0. The summed E-state index contributed by atoms with van der Waals surface area (Å²) in [5.41, 5.74) is 1.74. The first-order chi connectivity index (χ1) is 13.7. The number of hydrogen-bond donors (Lipinski definition) is 1. The lowest BCUT2D eigenvalue weighted by atomic mass is 10.1. The summed E-state index contributed by atoms with van der Waals surface area (Å²) in [5.74, 6) is -0.918. The van der Waals surface area contributed by atoms with Gasteiger partial charge < -0.3 is 10.1 Å². The number of nitriles is 1. The summed E-state index contributed by atoms with van der Waals surface area (Å²) < 4.78 is 5.64. The third-order valence-electron chi connectivity index (χ3n) is 3.62. The number of thioether (sulfide) groups is 1. The summed E-state index contributed by atoms with van der Waals surface area (Å²) in [6, 6.07) is 11.8. The highest BCUT2D eigenvalue weighted by Gasteiger charge is 2.24. The zero-order valence-corrected chi connectivity index (χ0v) is 17.4. The summed E-state index contributed by atoms with van der Waals surface area (Å²) in [7, 11) is 1.63. The number of Topliss-reactive ketones (excluding diaryl/α,β-unsaturated/α-hetero) is 1. The lowest BCUT2D eigenvalue weighted by Crippen LogP contribution is -2.13. The van der Waals surface area contributed by atoms with Crippen LogP contribution in [0.4, 0.5) is 5.13 Å². The number of hydrogen-bond acceptors (Lipinski definition) is 10. The van der Waals surface area contributed by atoms with Crippen molar-refractivity contribution in [3.8, 4) is 17.3 Å². The van der Waals surface area contributed by atoms with Crippen molar-refractivity contribution in [3.05, 3.63) is 40.7 Å². The van der Waals surface area contributed by atoms with E-state index in [9.17, 15) is 10.1 Å². The van der Waals surface area contributed by atoms with E-state index in [0.717, 1.165) is 11.3 Å². The molecule has 1 N–H and O–H groups in total. The fourth-order valence-corrected chi connectivity index (χ4v) is 4.82. The van der Waals surface area contributed by atoms with Crippen molar-refractivity contribution < 1.29 is 9.53 Å². The second-order valence-electron chi connectivity index (χ2n) is 5.55. The van der Waals surface area contributed by atoms with Crippen LogP contribution in [0.5, 0.6) is 0 Å². The van der Waals surface area contributed by atoms with Crippen molar-refractivity contribution in [1.29, 1.82) is 5.26 Å². The van der Waals surface area contributed by atoms with Crippen LogP contribution in [0.25, 0.3) is 11.3 Å². The Hall–Kier alpha value is -2.32. The van der Waals surface area contributed by atoms with E-state index in [4.69, 9.17) is 4.74 Å². The van der Waals surface area contributed by atoms with E-state index in [0.29, 0.717) is 27.6 Å². The van der Waals surface area contributed by atoms with Gasteiger partial charge in [0, 0.05) is 24.6 Å². The molecule has 0 saturated heterocycles. The number of nitrogens with zero attached hydrogens (tertiary/aromatic N) is 4. The van der Waals surface area contributed by atoms with Gasteiger partial charge in [0.1, 0.15) is 5.01 Å². The molecule has 7 nitrogen and oxygen atoms in total. The number of benzene rings is 1. The third kappa shape index (κ3) is 5.36. The van der Waals surface area contributed by atoms with Crippen LogP contribution in [-0.2, 0) is 9.53 Å². The molecule has 2 heterocycles. The van der Waals surface area contributed by atoms with Gasteiger partial charge in [0.15, 0.2) is 16.0 Å². The number of methoxy groups -OCH3 is 1. The number of aromatic nitrogens is 3. The van der Waals surface area contributed by atoms with E-state index in [2.05, 4.69) is 26.6 Å². The Bertz CT molecular complexity index is 952. The lowest BCUT2D eigenvalue weighted by molar-refractivity contribution is -0.116. The van der Waals surface area contributed by atoms with E-state index in [1.807, 2.05) is 35.7 Å². The van der Waals surface area contributed by atoms with Crippen molar-refractivity contribution >= 4 is 45.4 Å². The normalized spacial score (nSPS) is 11.7. The van der Waals surface area contributed by atoms with Gasteiger partial charge in [0.2, 0.25) is 5.13 Å². The molecule has 0 amide bonds. The smallest absolute Gasteiger partial charge is 0.206 e. The number of rotatable bonds is 10. The van der Waals surface area contributed by atoms with Crippen LogP contribution in [-0.4, -0.2) is 47.0 Å². The molecular weight excluding hydrogens is 414 g/mol. The molecule has 2 aromatic heterocycles. The molecule has 1 atom stereocenters. The van der Waals surface area contributed by atoms with Gasteiger partial charge in [-0.1, -0.05) is 53.4 Å². The van der Waals surface area contributed by atoms with Crippen molar-refractivity contribution in [1.82, 2.24) is 15.2 Å². The monoisotopic (exact) mass is 431 g/mol. The number of ketones is 1. The lowest BCUT2D eigenvalue weighted by Gasteiger charge is -2.03. The Morgan fingerprint density at radius 2 is 2.18 bits per heavy atom. The minimum absolute atomic E-state index is 0.144. The third-order valence-corrected chi connectivity index (χ3v) is 6.56. The van der Waals surface area contributed by atoms with Crippen molar-refractivity contribution in [2.75, 3.05) is 31.3 Å². The molecule has 3 rings (SSSR count). The van der Waals surface area contributed by atoms with Crippen LogP contribution in [0.2, 0.25) is 0 Å². The molecule has 3 aromatic rings. The second-order valence-corrected chi connectivity index (χ2v) is 8.64. The van der Waals surface area contributed by atoms with E-state index < -0.39 is 5.92 Å². The summed E-state index contributed by atoms with van der Waals surface area (Å²) in [5, 5.41) is 23.7. The van der Waals surface area contributed by atoms with E-state index in [1.165, 1.54) is 34.4 Å². The number of nitrogens with one attached hydrogen (secondary N) is 1. The van der Waals surface area contributed by atoms with Crippen LogP contribution in [0.3, 0.4) is 0 Å². The summed E-state index contributed by atoms with van der Waals surface area (Å²) in [6.07, 6.45) is 0. The zero-order chi connectivity index (χ0) is 19.8. The first kappa shape index (κ1) is 20.4. The van der Waals surface area contributed by atoms with Crippen LogP contribution < -0.4 is 5.32 Å². The quantitative estimate of drug-likeness (QED) is 0.383. The predicted molar refractivity (Wildman–Crippen MR) is 112 cm³/mol. The maximum absolute atomic E-state index is 12.6. The van der Waals surface area contributed by atoms with Gasteiger partial charge in [0.25, 0.3) is 0 Å². The Kier molecular flexibility index (Phi) is 7.50. The van der Waals surface area contributed by atoms with Gasteiger partial charge in [-0.2, -0.15) is 5.26 Å². The zero-order valence-electron chi connectivity index (χ0n) is 15.0. The molecule has 10 heteroatoms. The Morgan fingerprint density at radius 1 is 1.36 bits per heavy atom. The molecule has 0 aliphatic heterocycles. The molecule has 0 aliphatic rings. The number of carbonyl (C=O) groups is 1. The molecule has 28 heavy (non-hydrogen) atoms. The van der Waals surface area contributed by atoms with Gasteiger partial charge >= 0.3 is 0 Å². The van der Waals surface area contributed by atoms with Gasteiger partial charge in [-0.05, 0) is 0 Å². The molecule has 144 valence electrons. The highest BCUT2D eigenvalue weighted by Crippen LogP contribution is 2.30. The standard InChI is InChI=1S/C18H17N5O2S3/c1-25-8-7-20-17-22-23-18(28-17)27-11-15(24)13(9-19)16-21-14(10-26-16)12-5-3-2-4-6-12/h2-6,10,13H,7-8,11H2,1H3,(H,20,22). The Balaban J connectivity index is 1.59. The minimum Gasteiger partial charge on any atom is -0.383 e. The molecule has 0 saturated carbocycles. The number of thiazole rings is 1. The highest BCUT2D eigenvalue weighted by atomic mass is 32.2. The number of anilines is 1. The molecular formula is C18H17N5O2S3. The van der Waals surface area contributed by atoms with Gasteiger partial charge in [-0.3, -0.25) is 4.79 Å². The molecule has 0 radical (unpaired) electrons. The minimum atomic E-state index is -0.873. The topological polar surface area (TPSA) is 101 Å². The van der Waals surface area contributed by atoms with Crippen molar-refractivity contribution in [3.63, 3.8) is 0 Å². The average Bonchev–Trinajstić information content (AvgIpc) is 3.38. The van der Waals surface area contributed by atoms with E-state index >= 15 is 0 Å². The van der Waals surface area contributed by atoms with Crippen LogP contribution >= 0.6 is 34.4 Å². The van der Waals surface area contributed by atoms with Crippen molar-refractivity contribution in [2.24, 2.45) is 0 Å². The van der Waals surface area contributed by atoms with Gasteiger partial charge in [0.05, 0.1) is 24.1 Å². The molecule has 1 unspecified atom stereocenters. The molecule has 0 spiro atoms. The van der Waals surface area contributed by atoms with Gasteiger partial charge in [-0.15, -0.1) is 21.5 Å². The molecule has 0 aliphatic carbocycles. The van der Waals surface area contributed by atoms with Crippen molar-refractivity contribution in [2.45, 2.75) is 10.3 Å². The SMILES string of the molecule is COCCNc1nnc(SCC(=O)C(C#N)c2nc(-c3ccccc3)cs2)s1. The fourth-order valence-electron chi connectivity index (χ4n) is 2.24. The summed E-state index contributed by atoms with van der Waals surface area (Å²) in [4.78, 5) is 17.1. The summed E-state index contributed by atoms with van der Waals surface area (Å²) in [6.45, 7) is 1.21. The van der Waals surface area contributed by atoms with Gasteiger partial charge in [-0.25, -0.2) is 4.98 Å². The largest absolute Gasteiger partial charge is 0.383 e. The molecule has 0 fully saturated rings. The maximum atomic E-state index is 12.6. The van der Waals surface area contributed by atoms with Crippen LogP contribution in [0.1, 0.15) is 10.9 Å².